The number of piperidine rings is 1. The predicted molar refractivity (Wildman–Crippen MR) is 151 cm³/mol. The molecule has 5 rings (SSSR count). The molecule has 1 saturated carbocycles. The maximum Gasteiger partial charge on any atom is 0.194 e. The quantitative estimate of drug-likeness (QED) is 0.368. The minimum absolute atomic E-state index is 0. The van der Waals surface area contributed by atoms with Gasteiger partial charge in [-0.15, -0.1) is 0 Å². The number of hydrogen-bond donors (Lipinski definition) is 3. The van der Waals surface area contributed by atoms with Gasteiger partial charge in [-0.05, 0) is 86.7 Å². The lowest BCUT2D eigenvalue weighted by atomic mass is 9.85. The van der Waals surface area contributed by atoms with Crippen molar-refractivity contribution in [2.24, 2.45) is 21.9 Å². The zero-order valence-electron chi connectivity index (χ0n) is 21.8. The van der Waals surface area contributed by atoms with Gasteiger partial charge in [0.25, 0.3) is 0 Å². The van der Waals surface area contributed by atoms with E-state index in [1.165, 1.54) is 54.6 Å². The maximum atomic E-state index is 6.66. The number of rotatable bonds is 7. The van der Waals surface area contributed by atoms with Crippen molar-refractivity contribution in [1.29, 1.82) is 0 Å². The van der Waals surface area contributed by atoms with Crippen molar-refractivity contribution in [1.82, 2.24) is 4.90 Å². The Bertz CT molecular complexity index is 1210. The number of nitrogens with zero attached hydrogens (tertiary/aromatic N) is 2. The molecule has 36 heavy (non-hydrogen) atoms. The van der Waals surface area contributed by atoms with Crippen LogP contribution in [-0.4, -0.2) is 42.6 Å². The van der Waals surface area contributed by atoms with Gasteiger partial charge >= 0.3 is 0 Å². The van der Waals surface area contributed by atoms with Gasteiger partial charge in [-0.25, -0.2) is 4.99 Å². The van der Waals surface area contributed by atoms with Crippen LogP contribution in [0.1, 0.15) is 50.7 Å². The Morgan fingerprint density at radius 1 is 1.11 bits per heavy atom. The number of hydrogen-bond acceptors (Lipinski definition) is 4. The first-order valence-corrected chi connectivity index (χ1v) is 13.1. The molecule has 0 spiro atoms. The van der Waals surface area contributed by atoms with Crippen molar-refractivity contribution in [3.63, 3.8) is 0 Å². The second-order valence-electron chi connectivity index (χ2n) is 10.8. The van der Waals surface area contributed by atoms with Crippen molar-refractivity contribution < 1.29 is 6.16 Å². The summed E-state index contributed by atoms with van der Waals surface area (Å²) in [5, 5.41) is 3.25. The van der Waals surface area contributed by atoms with Crippen LogP contribution in [0.25, 0.3) is 5.57 Å². The molecular weight excluding hydrogens is 446 g/mol. The molecule has 1 saturated heterocycles. The third-order valence-electron chi connectivity index (χ3n) is 8.02. The van der Waals surface area contributed by atoms with Gasteiger partial charge in [-0.1, -0.05) is 43.7 Å². The molecule has 2 aromatic carbocycles. The Hall–Kier alpha value is -3.25. The normalized spacial score (nSPS) is 26.0. The van der Waals surface area contributed by atoms with Gasteiger partial charge in [-0.2, -0.15) is 0 Å². The summed E-state index contributed by atoms with van der Waals surface area (Å²) in [5.74, 6) is 1.20. The number of guanidine groups is 1. The predicted octanol–water partition coefficient (Wildman–Crippen LogP) is 5.23. The summed E-state index contributed by atoms with van der Waals surface area (Å²) in [7, 11) is 0. The Kier molecular flexibility index (Phi) is 6.56. The highest BCUT2D eigenvalue weighted by atomic mass is 16.5. The van der Waals surface area contributed by atoms with Crippen LogP contribution in [0, 0.1) is 19.3 Å². The first-order valence-electron chi connectivity index (χ1n) is 13.1. The number of nitrogens with two attached hydrogens (primary N) is 2. The average molecular weight is 488 g/mol. The van der Waals surface area contributed by atoms with Crippen molar-refractivity contribution in [3.8, 4) is 5.75 Å². The van der Waals surface area contributed by atoms with Crippen molar-refractivity contribution >= 4 is 17.2 Å². The smallest absolute Gasteiger partial charge is 0.194 e. The molecule has 2 fully saturated rings. The van der Waals surface area contributed by atoms with E-state index in [1.54, 1.807) is 0 Å². The first kappa shape index (κ1) is 24.4. The number of fused-ring (bicyclic) bond motifs is 1. The Labute approximate surface area is 216 Å². The highest BCUT2D eigenvalue weighted by molar-refractivity contribution is 5.94. The van der Waals surface area contributed by atoms with Gasteiger partial charge < -0.3 is 21.5 Å². The van der Waals surface area contributed by atoms with Crippen LogP contribution in [0.5, 0.6) is 5.75 Å². The molecule has 6 nitrogen and oxygen atoms in total. The lowest BCUT2D eigenvalue weighted by molar-refractivity contribution is 0.183. The number of benzene rings is 2. The van der Waals surface area contributed by atoms with Crippen LogP contribution < -0.4 is 21.5 Å². The summed E-state index contributed by atoms with van der Waals surface area (Å²) in [4.78, 5) is 7.39. The lowest BCUT2D eigenvalue weighted by Gasteiger charge is -2.26. The topological polar surface area (TPSA) is 88.9 Å². The second kappa shape index (κ2) is 9.66. The molecule has 2 unspecified atom stereocenters. The van der Waals surface area contributed by atoms with E-state index in [0.717, 1.165) is 30.1 Å². The fourth-order valence-electron chi connectivity index (χ4n) is 5.93. The Morgan fingerprint density at radius 2 is 1.83 bits per heavy atom. The van der Waals surface area contributed by atoms with E-state index >= 15 is 0 Å². The largest absolute Gasteiger partial charge is 0.492 e. The average Bonchev–Trinajstić information content (AvgIpc) is 3.45. The van der Waals surface area contributed by atoms with Gasteiger partial charge in [0.1, 0.15) is 17.9 Å². The van der Waals surface area contributed by atoms with Crippen LogP contribution in [0.15, 0.2) is 65.3 Å². The van der Waals surface area contributed by atoms with E-state index in [4.69, 9.17) is 21.2 Å². The number of aliphatic imine (C=N–C) groups is 1. The molecule has 6 heteroatoms. The van der Waals surface area contributed by atoms with E-state index in [9.17, 15) is 0 Å². The molecule has 2 aliphatic carbocycles. The van der Waals surface area contributed by atoms with Crippen LogP contribution in [0.3, 0.4) is 0 Å². The van der Waals surface area contributed by atoms with Crippen LogP contribution in [0.4, 0.5) is 5.69 Å². The first-order chi connectivity index (χ1) is 17.3. The van der Waals surface area contributed by atoms with Crippen LogP contribution in [-0.2, 0) is 0 Å². The molecule has 0 radical (unpaired) electrons. The molecule has 2 aromatic rings. The molecule has 0 amide bonds. The summed E-state index contributed by atoms with van der Waals surface area (Å²) in [5.41, 5.74) is 19.0. The number of ether oxygens (including phenoxy) is 1. The van der Waals surface area contributed by atoms with Gasteiger partial charge in [0.15, 0.2) is 5.96 Å². The summed E-state index contributed by atoms with van der Waals surface area (Å²) < 4.78 is 6.02. The van der Waals surface area contributed by atoms with E-state index in [1.807, 2.05) is 24.3 Å². The highest BCUT2D eigenvalue weighted by Crippen LogP contribution is 2.65. The van der Waals surface area contributed by atoms with Crippen LogP contribution >= 0.6 is 0 Å². The molecule has 0 aromatic heterocycles. The number of allylic oxidation sites excluding steroid dienone is 2. The van der Waals surface area contributed by atoms with Gasteiger partial charge in [0, 0.05) is 30.8 Å². The Morgan fingerprint density at radius 3 is 2.56 bits per heavy atom. The van der Waals surface area contributed by atoms with Crippen LogP contribution in [0.2, 0.25) is 0 Å². The molecule has 1 aliphatic heterocycles. The van der Waals surface area contributed by atoms with E-state index < -0.39 is 5.54 Å². The summed E-state index contributed by atoms with van der Waals surface area (Å²) >= 11 is 0. The zero-order chi connectivity index (χ0) is 25.3. The number of likely N-dealkylation sites (tertiary alicyclic amines) is 1. The molecule has 3 aliphatic rings. The van der Waals surface area contributed by atoms with Crippen molar-refractivity contribution in [3.05, 3.63) is 77.0 Å². The zero-order valence-corrected chi connectivity index (χ0v) is 21.8. The van der Waals surface area contributed by atoms with E-state index in [-0.39, 0.29) is 6.84 Å². The van der Waals surface area contributed by atoms with Crippen molar-refractivity contribution in [2.75, 3.05) is 31.6 Å². The van der Waals surface area contributed by atoms with Gasteiger partial charge in [0.2, 0.25) is 0 Å². The maximum absolute atomic E-state index is 6.66. The van der Waals surface area contributed by atoms with E-state index in [0.29, 0.717) is 12.6 Å². The lowest BCUT2D eigenvalue weighted by Crippen LogP contribution is -2.33. The molecule has 2 atom stereocenters. The second-order valence-corrected chi connectivity index (χ2v) is 10.8. The number of aryl methyl sites for hydroxylation is 2. The van der Waals surface area contributed by atoms with Gasteiger partial charge in [0.05, 0.1) is 0 Å². The number of anilines is 1. The minimum Gasteiger partial charge on any atom is -0.492 e. The highest BCUT2D eigenvalue weighted by Gasteiger charge is 2.67. The monoisotopic (exact) mass is 487 g/mol. The fourth-order valence-corrected chi connectivity index (χ4v) is 5.93. The molecule has 1 heterocycles. The summed E-state index contributed by atoms with van der Waals surface area (Å²) in [6, 6.07) is 14.3. The summed E-state index contributed by atoms with van der Waals surface area (Å²) in [6.07, 6.45) is 9.18. The molecule has 192 valence electrons. The molecule has 0 bridgehead atoms. The van der Waals surface area contributed by atoms with Crippen molar-refractivity contribution in [2.45, 2.75) is 52.0 Å². The third kappa shape index (κ3) is 4.74. The SMILES string of the molecule is Cc1cccc(C)c1C1=CC2(C)CC2(N=C(N)Nc2cccc(OCCN3CCCCC3)c2)C(N)=C1.[HH]. The van der Waals surface area contributed by atoms with Gasteiger partial charge in [-0.3, -0.25) is 4.90 Å². The molecular formula is C30H41N5O. The third-order valence-corrected chi connectivity index (χ3v) is 8.02. The fraction of sp³-hybridized carbons (Fsp3) is 0.433. The standard InChI is InChI=1S/C30H39N5O.H2/c1-21-9-7-10-22(2)27(21)23-17-26(31)30(20-29(30,3)19-23)34-28(32)33-24-11-8-12-25(18-24)36-16-15-35-13-5-4-6-14-35;/h7-12,17-19H,4-6,13-16,20,31H2,1-3H3,(H3,32,33,34);1H. The van der Waals surface area contributed by atoms with E-state index in [2.05, 4.69) is 61.3 Å². The minimum atomic E-state index is -0.493. The Balaban J connectivity index is 0.00000320. The molecule has 5 N–H and O–H groups in total. The number of nitrogens with one attached hydrogen (secondary N) is 1. The summed E-state index contributed by atoms with van der Waals surface area (Å²) in [6.45, 7) is 10.5.